The van der Waals surface area contributed by atoms with Gasteiger partial charge in [-0.25, -0.2) is 0 Å². The molecule has 5 heteroatoms. The average molecular weight is 363 g/mol. The van der Waals surface area contributed by atoms with E-state index in [0.717, 1.165) is 55.9 Å². The maximum atomic E-state index is 13.8. The third-order valence-electron chi connectivity index (χ3n) is 4.77. The standard InChI is InChI=1S/C18H22F3S.ClH/c1-2-13-10-7-11-16-15(13)12-17(22(16)18(19,20)21)14-8-5-3-4-6-9-14;/h7,10-12,14H,2-6,8-9H2,1H3;1H/q+1;/p-1. The number of thiophene rings is 1. The molecule has 0 N–H and O–H groups in total. The Balaban J connectivity index is 0.00000192. The van der Waals surface area contributed by atoms with Crippen LogP contribution in [0.1, 0.15) is 61.8 Å². The van der Waals surface area contributed by atoms with Gasteiger partial charge < -0.3 is 12.4 Å². The molecule has 3 rings (SSSR count). The van der Waals surface area contributed by atoms with Crippen LogP contribution in [-0.4, -0.2) is 0 Å². The Labute approximate surface area is 144 Å². The van der Waals surface area contributed by atoms with Gasteiger partial charge in [0.05, 0.1) is 10.5 Å². The van der Waals surface area contributed by atoms with Gasteiger partial charge in [-0.15, -0.1) is 13.2 Å². The highest BCUT2D eigenvalue weighted by atomic mass is 35.5. The van der Waals surface area contributed by atoms with E-state index >= 15 is 0 Å². The monoisotopic (exact) mass is 362 g/mol. The first-order valence-corrected chi connectivity index (χ1v) is 9.39. The summed E-state index contributed by atoms with van der Waals surface area (Å²) in [6, 6.07) is 7.32. The van der Waals surface area contributed by atoms with E-state index < -0.39 is 16.0 Å². The molecule has 0 radical (unpaired) electrons. The second kappa shape index (κ2) is 7.43. The lowest BCUT2D eigenvalue weighted by Gasteiger charge is -2.10. The zero-order valence-corrected chi connectivity index (χ0v) is 14.8. The Bertz CT molecular complexity index is 652. The number of aryl methyl sites for hydroxylation is 1. The first-order valence-electron chi connectivity index (χ1n) is 8.17. The molecule has 0 bridgehead atoms. The molecule has 1 saturated carbocycles. The van der Waals surface area contributed by atoms with Crippen molar-refractivity contribution in [3.05, 3.63) is 34.7 Å². The van der Waals surface area contributed by atoms with Crippen LogP contribution in [0.4, 0.5) is 13.2 Å². The molecule has 0 saturated heterocycles. The maximum absolute atomic E-state index is 13.8. The van der Waals surface area contributed by atoms with E-state index in [1.807, 2.05) is 19.1 Å². The van der Waals surface area contributed by atoms with Crippen LogP contribution in [0.25, 0.3) is 10.1 Å². The molecule has 2 aromatic rings. The van der Waals surface area contributed by atoms with E-state index in [2.05, 4.69) is 0 Å². The minimum Gasteiger partial charge on any atom is -1.00 e. The minimum atomic E-state index is -4.16. The Morgan fingerprint density at radius 2 is 1.74 bits per heavy atom. The van der Waals surface area contributed by atoms with Crippen molar-refractivity contribution in [1.29, 1.82) is 0 Å². The fraction of sp³-hybridized carbons (Fsp3) is 0.556. The summed E-state index contributed by atoms with van der Waals surface area (Å²) in [5, 5.41) is 0.852. The molecule has 1 unspecified atom stereocenters. The van der Waals surface area contributed by atoms with Crippen molar-refractivity contribution in [3.63, 3.8) is 0 Å². The van der Waals surface area contributed by atoms with Crippen LogP contribution in [-0.2, 0) is 11.9 Å². The molecule has 1 heterocycles. The molecule has 0 aliphatic heterocycles. The van der Waals surface area contributed by atoms with Gasteiger partial charge in [0.25, 0.3) is 0 Å². The van der Waals surface area contributed by atoms with Crippen molar-refractivity contribution >= 4 is 20.6 Å². The van der Waals surface area contributed by atoms with Gasteiger partial charge in [-0.3, -0.25) is 0 Å². The summed E-state index contributed by atoms with van der Waals surface area (Å²) in [5.41, 5.74) is -3.11. The summed E-state index contributed by atoms with van der Waals surface area (Å²) in [4.78, 5) is 0.658. The van der Waals surface area contributed by atoms with Gasteiger partial charge in [0.15, 0.2) is 9.58 Å². The Hall–Kier alpha value is -0.740. The molecule has 1 aliphatic carbocycles. The average Bonchev–Trinajstić information content (AvgIpc) is 2.67. The highest BCUT2D eigenvalue weighted by Crippen LogP contribution is 2.55. The summed E-state index contributed by atoms with van der Waals surface area (Å²) >= 11 is 0. The summed E-state index contributed by atoms with van der Waals surface area (Å²) in [6.45, 7) is 2.01. The summed E-state index contributed by atoms with van der Waals surface area (Å²) < 4.78 is 41.8. The zero-order valence-electron chi connectivity index (χ0n) is 13.3. The maximum Gasteiger partial charge on any atom is 0.600 e. The van der Waals surface area contributed by atoms with E-state index in [-0.39, 0.29) is 18.3 Å². The Kier molecular flexibility index (Phi) is 6.01. The zero-order chi connectivity index (χ0) is 15.7. The molecular formula is C18H22ClF3S. The number of hydrogen-bond donors (Lipinski definition) is 0. The second-order valence-electron chi connectivity index (χ2n) is 6.17. The van der Waals surface area contributed by atoms with E-state index in [1.165, 1.54) is 0 Å². The van der Waals surface area contributed by atoms with E-state index in [0.29, 0.717) is 9.58 Å². The Morgan fingerprint density at radius 1 is 1.09 bits per heavy atom. The number of hydrogen-bond acceptors (Lipinski definition) is 0. The van der Waals surface area contributed by atoms with Crippen LogP contribution in [0.5, 0.6) is 0 Å². The lowest BCUT2D eigenvalue weighted by atomic mass is 9.97. The molecule has 1 aliphatic rings. The fourth-order valence-corrected chi connectivity index (χ4v) is 5.87. The first-order chi connectivity index (χ1) is 10.5. The molecule has 128 valence electrons. The van der Waals surface area contributed by atoms with Crippen LogP contribution in [0, 0.1) is 0 Å². The molecule has 1 aromatic carbocycles. The highest BCUT2D eigenvalue weighted by Gasteiger charge is 2.49. The van der Waals surface area contributed by atoms with Gasteiger partial charge in [0.2, 0.25) is 0 Å². The topological polar surface area (TPSA) is 0 Å². The molecular weight excluding hydrogens is 341 g/mol. The summed E-state index contributed by atoms with van der Waals surface area (Å²) in [5.74, 6) is 0.115. The quantitative estimate of drug-likeness (QED) is 0.558. The normalized spacial score (nSPS) is 17.8. The van der Waals surface area contributed by atoms with Gasteiger partial charge in [-0.05, 0) is 30.9 Å². The van der Waals surface area contributed by atoms with Gasteiger partial charge in [0.1, 0.15) is 0 Å². The Morgan fingerprint density at radius 3 is 2.30 bits per heavy atom. The van der Waals surface area contributed by atoms with Crippen LogP contribution in [0.3, 0.4) is 0 Å². The third-order valence-corrected chi connectivity index (χ3v) is 6.95. The predicted octanol–water partition coefficient (Wildman–Crippen LogP) is 4.07. The van der Waals surface area contributed by atoms with E-state index in [1.54, 1.807) is 12.1 Å². The van der Waals surface area contributed by atoms with Gasteiger partial charge in [-0.1, -0.05) is 44.7 Å². The van der Waals surface area contributed by atoms with Crippen LogP contribution in [0.15, 0.2) is 24.3 Å². The summed E-state index contributed by atoms with van der Waals surface area (Å²) in [7, 11) is -1.71. The SMILES string of the molecule is CCc1cccc2c1cc(C1CCCCCC1)[s+]2C(F)(F)F.[Cl-]. The molecule has 0 amide bonds. The van der Waals surface area contributed by atoms with Crippen molar-refractivity contribution < 1.29 is 25.6 Å². The lowest BCUT2D eigenvalue weighted by molar-refractivity contribution is -0.0868. The van der Waals surface area contributed by atoms with Crippen LogP contribution >= 0.6 is 10.5 Å². The molecule has 1 aromatic heterocycles. The highest BCUT2D eigenvalue weighted by molar-refractivity contribution is 7.38. The van der Waals surface area contributed by atoms with Crippen molar-refractivity contribution in [3.8, 4) is 0 Å². The lowest BCUT2D eigenvalue weighted by Crippen LogP contribution is -3.00. The van der Waals surface area contributed by atoms with Crippen molar-refractivity contribution in [2.24, 2.45) is 0 Å². The smallest absolute Gasteiger partial charge is 0.600 e. The molecule has 23 heavy (non-hydrogen) atoms. The number of rotatable bonds is 2. The van der Waals surface area contributed by atoms with Crippen molar-refractivity contribution in [2.45, 2.75) is 63.3 Å². The first kappa shape index (κ1) is 18.6. The number of alkyl halides is 3. The third kappa shape index (κ3) is 3.69. The van der Waals surface area contributed by atoms with Gasteiger partial charge in [0, 0.05) is 17.4 Å². The van der Waals surface area contributed by atoms with Gasteiger partial charge in [-0.2, -0.15) is 0 Å². The predicted molar refractivity (Wildman–Crippen MR) is 87.5 cm³/mol. The molecule has 0 nitrogen and oxygen atoms in total. The molecule has 1 atom stereocenters. The largest absolute Gasteiger partial charge is 1.00 e. The van der Waals surface area contributed by atoms with Crippen molar-refractivity contribution in [1.82, 2.24) is 0 Å². The molecule has 0 spiro atoms. The number of fused-ring (bicyclic) bond motifs is 1. The summed E-state index contributed by atoms with van der Waals surface area (Å²) in [6.07, 6.45) is 7.07. The minimum absolute atomic E-state index is 0. The van der Waals surface area contributed by atoms with E-state index in [4.69, 9.17) is 0 Å². The molecule has 1 fully saturated rings. The number of benzene rings is 1. The second-order valence-corrected chi connectivity index (χ2v) is 8.16. The number of halogens is 4. The van der Waals surface area contributed by atoms with Crippen LogP contribution in [0.2, 0.25) is 0 Å². The van der Waals surface area contributed by atoms with Crippen molar-refractivity contribution in [2.75, 3.05) is 0 Å². The van der Waals surface area contributed by atoms with Gasteiger partial charge >= 0.3 is 5.51 Å². The van der Waals surface area contributed by atoms with E-state index in [9.17, 15) is 13.2 Å². The van der Waals surface area contributed by atoms with Crippen LogP contribution < -0.4 is 12.4 Å². The fourth-order valence-electron chi connectivity index (χ4n) is 3.67.